The molecule has 1 fully saturated rings. The van der Waals surface area contributed by atoms with Crippen LogP contribution in [0.3, 0.4) is 0 Å². The molecule has 0 radical (unpaired) electrons. The Bertz CT molecular complexity index is 402. The number of nitrogens with zero attached hydrogens (tertiary/aromatic N) is 1. The normalized spacial score (nSPS) is 20.0. The minimum Gasteiger partial charge on any atom is -0.381 e. The zero-order chi connectivity index (χ0) is 14.6. The smallest absolute Gasteiger partial charge is 0.0947 e. The van der Waals surface area contributed by atoms with Crippen molar-refractivity contribution in [2.45, 2.75) is 51.7 Å². The Morgan fingerprint density at radius 2 is 2.10 bits per heavy atom. The van der Waals surface area contributed by atoms with Crippen LogP contribution in [0.1, 0.15) is 35.3 Å². The van der Waals surface area contributed by atoms with Crippen LogP contribution >= 0.6 is 11.3 Å². The molecule has 0 aromatic carbocycles. The minimum absolute atomic E-state index is 0.116. The molecule has 1 saturated heterocycles. The predicted octanol–water partition coefficient (Wildman–Crippen LogP) is 2.48. The fourth-order valence-electron chi connectivity index (χ4n) is 2.95. The van der Waals surface area contributed by atoms with Crippen molar-refractivity contribution in [1.82, 2.24) is 10.3 Å². The largest absolute Gasteiger partial charge is 0.381 e. The molecule has 2 heterocycles. The molecule has 1 aliphatic heterocycles. The monoisotopic (exact) mass is 298 g/mol. The van der Waals surface area contributed by atoms with Gasteiger partial charge in [-0.25, -0.2) is 4.98 Å². The maximum atomic E-state index is 6.17. The van der Waals surface area contributed by atoms with Crippen LogP contribution in [0, 0.1) is 13.8 Å². The third-order valence-corrected chi connectivity index (χ3v) is 5.30. The van der Waals surface area contributed by atoms with Gasteiger partial charge in [-0.2, -0.15) is 0 Å². The highest BCUT2D eigenvalue weighted by molar-refractivity contribution is 7.11. The van der Waals surface area contributed by atoms with E-state index in [0.717, 1.165) is 44.8 Å². The highest BCUT2D eigenvalue weighted by Gasteiger charge is 2.40. The van der Waals surface area contributed by atoms with Crippen molar-refractivity contribution in [1.29, 1.82) is 0 Å². The van der Waals surface area contributed by atoms with Gasteiger partial charge in [-0.15, -0.1) is 11.3 Å². The van der Waals surface area contributed by atoms with Crippen molar-refractivity contribution in [3.63, 3.8) is 0 Å². The molecule has 0 aliphatic carbocycles. The number of likely N-dealkylation sites (N-methyl/N-ethyl adjacent to an activating group) is 1. The quantitative estimate of drug-likeness (QED) is 0.876. The van der Waals surface area contributed by atoms with Crippen LogP contribution in [0.2, 0.25) is 0 Å². The summed E-state index contributed by atoms with van der Waals surface area (Å²) in [5.74, 6) is 0. The SMILES string of the molecule is CCOC1(C(Cc2nc(C)c(C)s2)NC)CCOCC1. The van der Waals surface area contributed by atoms with Crippen LogP contribution in [0.25, 0.3) is 0 Å². The summed E-state index contributed by atoms with van der Waals surface area (Å²) < 4.78 is 11.7. The van der Waals surface area contributed by atoms with E-state index >= 15 is 0 Å². The number of hydrogen-bond acceptors (Lipinski definition) is 5. The zero-order valence-electron chi connectivity index (χ0n) is 13.0. The summed E-state index contributed by atoms with van der Waals surface area (Å²) in [5.41, 5.74) is 1.03. The molecule has 0 spiro atoms. The first-order valence-corrected chi connectivity index (χ1v) is 8.25. The zero-order valence-corrected chi connectivity index (χ0v) is 13.8. The number of hydrogen-bond donors (Lipinski definition) is 1. The minimum atomic E-state index is -0.116. The van der Waals surface area contributed by atoms with Gasteiger partial charge in [-0.1, -0.05) is 0 Å². The van der Waals surface area contributed by atoms with E-state index in [1.165, 1.54) is 9.88 Å². The Hall–Kier alpha value is -0.490. The number of nitrogens with one attached hydrogen (secondary N) is 1. The summed E-state index contributed by atoms with van der Waals surface area (Å²) in [7, 11) is 2.02. The number of thiazole rings is 1. The maximum Gasteiger partial charge on any atom is 0.0947 e. The van der Waals surface area contributed by atoms with E-state index < -0.39 is 0 Å². The van der Waals surface area contributed by atoms with Crippen LogP contribution < -0.4 is 5.32 Å². The third kappa shape index (κ3) is 3.39. The average Bonchev–Trinajstić information content (AvgIpc) is 2.76. The third-order valence-electron chi connectivity index (χ3n) is 4.21. The van der Waals surface area contributed by atoms with Gasteiger partial charge in [0.1, 0.15) is 0 Å². The average molecular weight is 298 g/mol. The molecule has 0 amide bonds. The van der Waals surface area contributed by atoms with Crippen LogP contribution in [0.5, 0.6) is 0 Å². The van der Waals surface area contributed by atoms with Crippen molar-refractivity contribution in [2.75, 3.05) is 26.9 Å². The first kappa shape index (κ1) is 15.9. The Kier molecular flexibility index (Phi) is 5.55. The fraction of sp³-hybridized carbons (Fsp3) is 0.800. The summed E-state index contributed by atoms with van der Waals surface area (Å²) in [5, 5.41) is 4.66. The predicted molar refractivity (Wildman–Crippen MR) is 82.5 cm³/mol. The van der Waals surface area contributed by atoms with Gasteiger partial charge in [-0.3, -0.25) is 0 Å². The lowest BCUT2D eigenvalue weighted by molar-refractivity contribution is -0.125. The van der Waals surface area contributed by atoms with Crippen molar-refractivity contribution in [2.24, 2.45) is 0 Å². The Morgan fingerprint density at radius 1 is 1.40 bits per heavy atom. The Morgan fingerprint density at radius 3 is 2.60 bits per heavy atom. The molecule has 4 nitrogen and oxygen atoms in total. The summed E-state index contributed by atoms with van der Waals surface area (Å²) in [6, 6.07) is 0.288. The molecule has 1 aromatic rings. The molecule has 1 unspecified atom stereocenters. The fourth-order valence-corrected chi connectivity index (χ4v) is 3.93. The molecule has 20 heavy (non-hydrogen) atoms. The van der Waals surface area contributed by atoms with Crippen LogP contribution in [0.4, 0.5) is 0 Å². The van der Waals surface area contributed by atoms with E-state index in [1.807, 2.05) is 7.05 Å². The molecule has 5 heteroatoms. The number of rotatable bonds is 6. The first-order valence-electron chi connectivity index (χ1n) is 7.43. The van der Waals surface area contributed by atoms with E-state index in [2.05, 4.69) is 31.1 Å². The van der Waals surface area contributed by atoms with Crippen molar-refractivity contribution < 1.29 is 9.47 Å². The second-order valence-corrected chi connectivity index (χ2v) is 6.69. The van der Waals surface area contributed by atoms with Crippen molar-refractivity contribution >= 4 is 11.3 Å². The van der Waals surface area contributed by atoms with Crippen LogP contribution in [0.15, 0.2) is 0 Å². The second kappa shape index (κ2) is 6.98. The van der Waals surface area contributed by atoms with Gasteiger partial charge in [0.2, 0.25) is 0 Å². The molecule has 114 valence electrons. The summed E-state index contributed by atoms with van der Waals surface area (Å²) >= 11 is 1.80. The van der Waals surface area contributed by atoms with Crippen LogP contribution in [-0.2, 0) is 15.9 Å². The Balaban J connectivity index is 2.15. The Labute approximate surface area is 125 Å². The van der Waals surface area contributed by atoms with Gasteiger partial charge >= 0.3 is 0 Å². The number of aromatic nitrogens is 1. The second-order valence-electron chi connectivity index (χ2n) is 5.40. The number of ether oxygens (including phenoxy) is 2. The molecule has 1 aliphatic rings. The molecule has 0 bridgehead atoms. The van der Waals surface area contributed by atoms with Gasteiger partial charge in [-0.05, 0) is 27.8 Å². The summed E-state index contributed by atoms with van der Waals surface area (Å²) in [6.07, 6.45) is 2.83. The number of aryl methyl sites for hydroxylation is 2. The highest BCUT2D eigenvalue weighted by Crippen LogP contribution is 2.31. The maximum absolute atomic E-state index is 6.17. The van der Waals surface area contributed by atoms with Gasteiger partial charge < -0.3 is 14.8 Å². The van der Waals surface area contributed by atoms with Crippen molar-refractivity contribution in [3.8, 4) is 0 Å². The van der Waals surface area contributed by atoms with Gasteiger partial charge in [0.15, 0.2) is 0 Å². The highest BCUT2D eigenvalue weighted by atomic mass is 32.1. The standard InChI is InChI=1S/C15H26N2O2S/c1-5-19-15(6-8-18-9-7-15)13(16-4)10-14-17-11(2)12(3)20-14/h13,16H,5-10H2,1-4H3. The molecular weight excluding hydrogens is 272 g/mol. The van der Waals surface area contributed by atoms with Gasteiger partial charge in [0.05, 0.1) is 16.3 Å². The molecule has 1 aromatic heterocycles. The molecular formula is C15H26N2O2S. The van der Waals surface area contributed by atoms with E-state index in [-0.39, 0.29) is 11.6 Å². The van der Waals surface area contributed by atoms with Crippen molar-refractivity contribution in [3.05, 3.63) is 15.6 Å². The lowest BCUT2D eigenvalue weighted by atomic mass is 9.84. The van der Waals surface area contributed by atoms with E-state index in [4.69, 9.17) is 9.47 Å². The van der Waals surface area contributed by atoms with E-state index in [0.29, 0.717) is 0 Å². The molecule has 0 saturated carbocycles. The molecule has 2 rings (SSSR count). The summed E-state index contributed by atoms with van der Waals surface area (Å²) in [6.45, 7) is 8.60. The van der Waals surface area contributed by atoms with Gasteiger partial charge in [0.25, 0.3) is 0 Å². The first-order chi connectivity index (χ1) is 9.61. The van der Waals surface area contributed by atoms with Gasteiger partial charge in [0, 0.05) is 50.0 Å². The van der Waals surface area contributed by atoms with E-state index in [1.54, 1.807) is 11.3 Å². The topological polar surface area (TPSA) is 43.4 Å². The van der Waals surface area contributed by atoms with Crippen LogP contribution in [-0.4, -0.2) is 43.5 Å². The van der Waals surface area contributed by atoms with E-state index in [9.17, 15) is 0 Å². The molecule has 1 atom stereocenters. The lowest BCUT2D eigenvalue weighted by Gasteiger charge is -2.42. The molecule has 1 N–H and O–H groups in total. The lowest BCUT2D eigenvalue weighted by Crippen LogP contribution is -2.55. The summed E-state index contributed by atoms with van der Waals surface area (Å²) in [4.78, 5) is 5.99.